The number of rotatable bonds is 2. The van der Waals surface area contributed by atoms with Crippen molar-refractivity contribution in [3.05, 3.63) is 24.0 Å². The van der Waals surface area contributed by atoms with Crippen LogP contribution in [0.3, 0.4) is 0 Å². The molecule has 0 saturated carbocycles. The monoisotopic (exact) mass is 237 g/mol. The lowest BCUT2D eigenvalue weighted by molar-refractivity contribution is 0.0194. The third-order valence-electron chi connectivity index (χ3n) is 3.33. The van der Waals surface area contributed by atoms with E-state index in [-0.39, 0.29) is 11.1 Å². The zero-order chi connectivity index (χ0) is 12.5. The Morgan fingerprint density at radius 3 is 2.65 bits per heavy atom. The van der Waals surface area contributed by atoms with Gasteiger partial charge in [-0.05, 0) is 12.5 Å². The summed E-state index contributed by atoms with van der Waals surface area (Å²) in [6.07, 6.45) is 0.971. The second-order valence-corrected chi connectivity index (χ2v) is 4.87. The molecule has 1 aliphatic rings. The first-order valence-corrected chi connectivity index (χ1v) is 5.83. The molecule has 1 aliphatic heterocycles. The fourth-order valence-electron chi connectivity index (χ4n) is 1.78. The minimum absolute atomic E-state index is 0.0211. The zero-order valence-corrected chi connectivity index (χ0v) is 10.2. The predicted octanol–water partition coefficient (Wildman–Crippen LogP) is 1.57. The molecule has 0 aliphatic carbocycles. The molecule has 0 unspecified atom stereocenters. The van der Waals surface area contributed by atoms with E-state index in [9.17, 15) is 4.39 Å². The summed E-state index contributed by atoms with van der Waals surface area (Å²) in [5, 5.41) is 0. The SMILES string of the molecule is CCC1(C)COB(c2cccc(N)c2F)OC1. The molecule has 2 N–H and O–H groups in total. The molecule has 92 valence electrons. The van der Waals surface area contributed by atoms with Gasteiger partial charge in [-0.15, -0.1) is 0 Å². The maximum Gasteiger partial charge on any atom is 0.496 e. The van der Waals surface area contributed by atoms with Crippen LogP contribution in [0.1, 0.15) is 20.3 Å². The Bertz CT molecular complexity index is 405. The van der Waals surface area contributed by atoms with Gasteiger partial charge < -0.3 is 15.0 Å². The lowest BCUT2D eigenvalue weighted by Crippen LogP contribution is -2.49. The number of hydrogen-bond acceptors (Lipinski definition) is 3. The van der Waals surface area contributed by atoms with Crippen molar-refractivity contribution in [3.8, 4) is 0 Å². The first kappa shape index (κ1) is 12.4. The largest absolute Gasteiger partial charge is 0.496 e. The van der Waals surface area contributed by atoms with E-state index in [2.05, 4.69) is 13.8 Å². The van der Waals surface area contributed by atoms with Crippen molar-refractivity contribution in [2.24, 2.45) is 5.41 Å². The fourth-order valence-corrected chi connectivity index (χ4v) is 1.78. The molecule has 1 saturated heterocycles. The average molecular weight is 237 g/mol. The van der Waals surface area contributed by atoms with Crippen LogP contribution in [0.4, 0.5) is 10.1 Å². The molecule has 0 radical (unpaired) electrons. The van der Waals surface area contributed by atoms with Gasteiger partial charge in [0.1, 0.15) is 5.82 Å². The highest BCUT2D eigenvalue weighted by molar-refractivity contribution is 6.61. The van der Waals surface area contributed by atoms with Crippen LogP contribution in [0.15, 0.2) is 18.2 Å². The Kier molecular flexibility index (Phi) is 3.40. The summed E-state index contributed by atoms with van der Waals surface area (Å²) in [5.74, 6) is -0.447. The fraction of sp³-hybridized carbons (Fsp3) is 0.500. The highest BCUT2D eigenvalue weighted by Crippen LogP contribution is 2.26. The Morgan fingerprint density at radius 1 is 1.41 bits per heavy atom. The van der Waals surface area contributed by atoms with Gasteiger partial charge in [0.25, 0.3) is 0 Å². The third kappa shape index (κ3) is 2.45. The standard InChI is InChI=1S/C12H17BFNO2/c1-3-12(2)7-16-13(17-8-12)9-5-4-6-10(15)11(9)14/h4-6H,3,7-8,15H2,1-2H3. The van der Waals surface area contributed by atoms with Crippen molar-refractivity contribution in [2.45, 2.75) is 20.3 Å². The first-order valence-electron chi connectivity index (χ1n) is 5.83. The van der Waals surface area contributed by atoms with Crippen LogP contribution in [0.2, 0.25) is 0 Å². The minimum Gasteiger partial charge on any atom is -0.407 e. The van der Waals surface area contributed by atoms with Gasteiger partial charge in [-0.1, -0.05) is 26.0 Å². The van der Waals surface area contributed by atoms with Gasteiger partial charge in [0.15, 0.2) is 0 Å². The molecule has 0 bridgehead atoms. The van der Waals surface area contributed by atoms with E-state index in [1.807, 2.05) is 0 Å². The van der Waals surface area contributed by atoms with E-state index in [0.717, 1.165) is 6.42 Å². The summed E-state index contributed by atoms with van der Waals surface area (Å²) >= 11 is 0. The summed E-state index contributed by atoms with van der Waals surface area (Å²) in [6, 6.07) is 4.87. The smallest absolute Gasteiger partial charge is 0.407 e. The minimum atomic E-state index is -0.641. The normalized spacial score (nSPS) is 19.4. The molecule has 5 heteroatoms. The Labute approximate surface area is 101 Å². The number of nitrogens with two attached hydrogens (primary N) is 1. The van der Waals surface area contributed by atoms with Gasteiger partial charge in [0.2, 0.25) is 0 Å². The quantitative estimate of drug-likeness (QED) is 0.627. The first-order chi connectivity index (χ1) is 8.06. The molecular weight excluding hydrogens is 220 g/mol. The van der Waals surface area contributed by atoms with E-state index in [1.165, 1.54) is 6.07 Å². The van der Waals surface area contributed by atoms with Gasteiger partial charge in [-0.25, -0.2) is 4.39 Å². The summed E-state index contributed by atoms with van der Waals surface area (Å²) in [6.45, 7) is 5.33. The number of anilines is 1. The lowest BCUT2D eigenvalue weighted by atomic mass is 9.74. The van der Waals surface area contributed by atoms with Crippen molar-refractivity contribution in [1.29, 1.82) is 0 Å². The van der Waals surface area contributed by atoms with E-state index in [4.69, 9.17) is 15.0 Å². The van der Waals surface area contributed by atoms with E-state index in [0.29, 0.717) is 18.7 Å². The number of halogens is 1. The van der Waals surface area contributed by atoms with Crippen LogP contribution >= 0.6 is 0 Å². The molecule has 17 heavy (non-hydrogen) atoms. The molecule has 0 atom stereocenters. The van der Waals surface area contributed by atoms with Crippen molar-refractivity contribution in [2.75, 3.05) is 18.9 Å². The molecule has 0 amide bonds. The van der Waals surface area contributed by atoms with E-state index < -0.39 is 12.9 Å². The Balaban J connectivity index is 2.13. The molecule has 1 aromatic carbocycles. The molecule has 0 spiro atoms. The topological polar surface area (TPSA) is 44.5 Å². The van der Waals surface area contributed by atoms with Crippen molar-refractivity contribution >= 4 is 18.3 Å². The molecule has 1 heterocycles. The average Bonchev–Trinajstić information content (AvgIpc) is 2.34. The third-order valence-corrected chi connectivity index (χ3v) is 3.33. The van der Waals surface area contributed by atoms with Crippen LogP contribution in [0, 0.1) is 11.2 Å². The molecule has 2 rings (SSSR count). The van der Waals surface area contributed by atoms with Crippen molar-refractivity contribution in [3.63, 3.8) is 0 Å². The Hall–Kier alpha value is -1.07. The second-order valence-electron chi connectivity index (χ2n) is 4.87. The molecule has 3 nitrogen and oxygen atoms in total. The van der Waals surface area contributed by atoms with Crippen LogP contribution in [-0.2, 0) is 9.31 Å². The van der Waals surface area contributed by atoms with Gasteiger partial charge in [-0.2, -0.15) is 0 Å². The van der Waals surface area contributed by atoms with Gasteiger partial charge in [0, 0.05) is 24.1 Å². The van der Waals surface area contributed by atoms with Gasteiger partial charge >= 0.3 is 7.12 Å². The number of nitrogen functional groups attached to an aromatic ring is 1. The maximum absolute atomic E-state index is 13.8. The second kappa shape index (κ2) is 4.66. The van der Waals surface area contributed by atoms with Crippen LogP contribution in [0.5, 0.6) is 0 Å². The summed E-state index contributed by atoms with van der Waals surface area (Å²) < 4.78 is 25.0. The Morgan fingerprint density at radius 2 is 2.06 bits per heavy atom. The summed E-state index contributed by atoms with van der Waals surface area (Å²) in [7, 11) is -0.641. The van der Waals surface area contributed by atoms with Crippen LogP contribution in [-0.4, -0.2) is 20.3 Å². The lowest BCUT2D eigenvalue weighted by Gasteiger charge is -2.35. The summed E-state index contributed by atoms with van der Waals surface area (Å²) in [4.78, 5) is 0. The molecule has 1 fully saturated rings. The zero-order valence-electron chi connectivity index (χ0n) is 10.2. The summed E-state index contributed by atoms with van der Waals surface area (Å²) in [5.41, 5.74) is 6.04. The van der Waals surface area contributed by atoms with Crippen molar-refractivity contribution in [1.82, 2.24) is 0 Å². The number of hydrogen-bond donors (Lipinski definition) is 1. The van der Waals surface area contributed by atoms with Crippen molar-refractivity contribution < 1.29 is 13.7 Å². The van der Waals surface area contributed by atoms with E-state index >= 15 is 0 Å². The van der Waals surface area contributed by atoms with E-state index in [1.54, 1.807) is 12.1 Å². The molecule has 0 aromatic heterocycles. The van der Waals surface area contributed by atoms with Crippen LogP contribution < -0.4 is 11.2 Å². The molecular formula is C12H17BFNO2. The number of benzene rings is 1. The molecule has 1 aromatic rings. The van der Waals surface area contributed by atoms with Gasteiger partial charge in [-0.3, -0.25) is 0 Å². The maximum atomic E-state index is 13.8. The highest BCUT2D eigenvalue weighted by atomic mass is 19.1. The van der Waals surface area contributed by atoms with Gasteiger partial charge in [0.05, 0.1) is 5.69 Å². The predicted molar refractivity (Wildman–Crippen MR) is 66.5 cm³/mol. The highest BCUT2D eigenvalue weighted by Gasteiger charge is 2.36. The van der Waals surface area contributed by atoms with Crippen LogP contribution in [0.25, 0.3) is 0 Å².